The van der Waals surface area contributed by atoms with E-state index < -0.39 is 9.84 Å². The molecule has 26 heavy (non-hydrogen) atoms. The van der Waals surface area contributed by atoms with Crippen LogP contribution in [0, 0.1) is 0 Å². The van der Waals surface area contributed by atoms with E-state index in [1.54, 1.807) is 6.08 Å². The number of hydrogen-bond donors (Lipinski definition) is 1. The van der Waals surface area contributed by atoms with Crippen molar-refractivity contribution in [1.82, 2.24) is 14.8 Å². The van der Waals surface area contributed by atoms with Crippen molar-refractivity contribution in [3.8, 4) is 0 Å². The fourth-order valence-electron chi connectivity index (χ4n) is 2.86. The van der Waals surface area contributed by atoms with Crippen molar-refractivity contribution in [2.45, 2.75) is 24.0 Å². The van der Waals surface area contributed by atoms with Gasteiger partial charge in [0, 0.05) is 18.2 Å². The van der Waals surface area contributed by atoms with E-state index in [1.165, 1.54) is 11.8 Å². The van der Waals surface area contributed by atoms with Crippen LogP contribution in [0.5, 0.6) is 0 Å². The summed E-state index contributed by atoms with van der Waals surface area (Å²) in [4.78, 5) is 12.1. The van der Waals surface area contributed by atoms with E-state index in [4.69, 9.17) is 0 Å². The standard InChI is InChI=1S/C17H20N4O3S2/c1-2-9-21-16(13-8-10-26(23,24)12-13)19-20-17(21)25-11-15(22)18-14-6-4-3-5-7-14/h2-7,13H,1,8-12H2,(H,18,22)/t13-/m1/s1. The van der Waals surface area contributed by atoms with Crippen LogP contribution < -0.4 is 5.32 Å². The van der Waals surface area contributed by atoms with Crippen molar-refractivity contribution < 1.29 is 13.2 Å². The Balaban J connectivity index is 1.68. The maximum atomic E-state index is 12.1. The number of hydrogen-bond acceptors (Lipinski definition) is 6. The minimum atomic E-state index is -3.00. The summed E-state index contributed by atoms with van der Waals surface area (Å²) in [5, 5.41) is 11.8. The zero-order chi connectivity index (χ0) is 18.6. The topological polar surface area (TPSA) is 93.9 Å². The van der Waals surface area contributed by atoms with E-state index in [1.807, 2.05) is 34.9 Å². The van der Waals surface area contributed by atoms with Crippen LogP contribution in [0.4, 0.5) is 5.69 Å². The molecule has 138 valence electrons. The molecule has 1 N–H and O–H groups in total. The highest BCUT2D eigenvalue weighted by Gasteiger charge is 2.33. The van der Waals surface area contributed by atoms with E-state index in [2.05, 4.69) is 22.1 Å². The summed E-state index contributed by atoms with van der Waals surface area (Å²) >= 11 is 1.27. The van der Waals surface area contributed by atoms with Gasteiger partial charge in [0.15, 0.2) is 15.0 Å². The maximum absolute atomic E-state index is 12.1. The van der Waals surface area contributed by atoms with Crippen LogP contribution in [-0.2, 0) is 21.2 Å². The van der Waals surface area contributed by atoms with Gasteiger partial charge in [-0.05, 0) is 18.6 Å². The molecule has 1 atom stereocenters. The van der Waals surface area contributed by atoms with Crippen LogP contribution in [0.2, 0.25) is 0 Å². The summed E-state index contributed by atoms with van der Waals surface area (Å²) in [7, 11) is -3.00. The van der Waals surface area contributed by atoms with Crippen molar-refractivity contribution in [1.29, 1.82) is 0 Å². The molecule has 1 aromatic carbocycles. The van der Waals surface area contributed by atoms with E-state index in [0.717, 1.165) is 5.69 Å². The predicted octanol–water partition coefficient (Wildman–Crippen LogP) is 2.10. The van der Waals surface area contributed by atoms with Gasteiger partial charge in [-0.1, -0.05) is 36.0 Å². The second-order valence-electron chi connectivity index (χ2n) is 6.04. The average molecular weight is 393 g/mol. The van der Waals surface area contributed by atoms with Crippen LogP contribution in [0.3, 0.4) is 0 Å². The van der Waals surface area contributed by atoms with E-state index in [9.17, 15) is 13.2 Å². The number of allylic oxidation sites excluding steroid dienone is 1. The lowest BCUT2D eigenvalue weighted by Crippen LogP contribution is -2.15. The number of benzene rings is 1. The quantitative estimate of drug-likeness (QED) is 0.573. The lowest BCUT2D eigenvalue weighted by atomic mass is 10.1. The molecule has 1 amide bonds. The Labute approximate surface area is 156 Å². The monoisotopic (exact) mass is 392 g/mol. The van der Waals surface area contributed by atoms with Crippen LogP contribution in [0.25, 0.3) is 0 Å². The van der Waals surface area contributed by atoms with Gasteiger partial charge in [0.25, 0.3) is 0 Å². The van der Waals surface area contributed by atoms with Gasteiger partial charge in [0.05, 0.1) is 17.3 Å². The fraction of sp³-hybridized carbons (Fsp3) is 0.353. The van der Waals surface area contributed by atoms with E-state index in [-0.39, 0.29) is 29.1 Å². The Morgan fingerprint density at radius 2 is 2.12 bits per heavy atom. The number of carbonyl (C=O) groups is 1. The van der Waals surface area contributed by atoms with Gasteiger partial charge >= 0.3 is 0 Å². The van der Waals surface area contributed by atoms with Crippen LogP contribution in [0.15, 0.2) is 48.1 Å². The second kappa shape index (κ2) is 8.05. The van der Waals surface area contributed by atoms with Gasteiger partial charge < -0.3 is 9.88 Å². The molecule has 1 aliphatic rings. The number of anilines is 1. The molecule has 0 spiro atoms. The molecule has 1 aliphatic heterocycles. The molecule has 1 fully saturated rings. The molecule has 0 saturated carbocycles. The summed E-state index contributed by atoms with van der Waals surface area (Å²) in [6.45, 7) is 4.21. The maximum Gasteiger partial charge on any atom is 0.234 e. The highest BCUT2D eigenvalue weighted by molar-refractivity contribution is 7.99. The highest BCUT2D eigenvalue weighted by Crippen LogP contribution is 2.30. The molecule has 0 aliphatic carbocycles. The third kappa shape index (κ3) is 4.53. The van der Waals surface area contributed by atoms with Crippen molar-refractivity contribution in [3.63, 3.8) is 0 Å². The Hall–Kier alpha value is -2.13. The molecule has 0 bridgehead atoms. The van der Waals surface area contributed by atoms with Crippen molar-refractivity contribution in [2.75, 3.05) is 22.6 Å². The normalized spacial score (nSPS) is 18.5. The number of carbonyl (C=O) groups excluding carboxylic acids is 1. The number of amides is 1. The average Bonchev–Trinajstić information content (AvgIpc) is 3.17. The molecule has 2 heterocycles. The number of nitrogens with one attached hydrogen (secondary N) is 1. The number of para-hydroxylation sites is 1. The van der Waals surface area contributed by atoms with Gasteiger partial charge in [-0.3, -0.25) is 4.79 Å². The zero-order valence-electron chi connectivity index (χ0n) is 14.2. The summed E-state index contributed by atoms with van der Waals surface area (Å²) in [6, 6.07) is 9.23. The minimum absolute atomic E-state index is 0.0986. The number of sulfone groups is 1. The molecule has 9 heteroatoms. The largest absolute Gasteiger partial charge is 0.325 e. The summed E-state index contributed by atoms with van der Waals surface area (Å²) < 4.78 is 25.3. The molecule has 2 aromatic rings. The number of rotatable bonds is 7. The van der Waals surface area contributed by atoms with Crippen LogP contribution in [0.1, 0.15) is 18.2 Å². The number of aromatic nitrogens is 3. The molecular formula is C17H20N4O3S2. The molecule has 7 nitrogen and oxygen atoms in total. The Morgan fingerprint density at radius 1 is 1.35 bits per heavy atom. The van der Waals surface area contributed by atoms with E-state index in [0.29, 0.717) is 23.9 Å². The fourth-order valence-corrected chi connectivity index (χ4v) is 5.35. The predicted molar refractivity (Wildman–Crippen MR) is 102 cm³/mol. The van der Waals surface area contributed by atoms with Gasteiger partial charge in [-0.2, -0.15) is 0 Å². The first-order chi connectivity index (χ1) is 12.5. The molecular weight excluding hydrogens is 372 g/mol. The SMILES string of the molecule is C=CCn1c(SCC(=O)Nc2ccccc2)nnc1[C@@H]1CCS(=O)(=O)C1. The number of thioether (sulfide) groups is 1. The smallest absolute Gasteiger partial charge is 0.234 e. The van der Waals surface area contributed by atoms with Crippen LogP contribution in [-0.4, -0.2) is 46.3 Å². The molecule has 0 radical (unpaired) electrons. The third-order valence-corrected chi connectivity index (χ3v) is 6.78. The molecule has 1 aromatic heterocycles. The molecule has 0 unspecified atom stereocenters. The van der Waals surface area contributed by atoms with Gasteiger partial charge in [0.2, 0.25) is 5.91 Å². The zero-order valence-corrected chi connectivity index (χ0v) is 15.8. The number of nitrogens with zero attached hydrogens (tertiary/aromatic N) is 3. The van der Waals surface area contributed by atoms with Gasteiger partial charge in [-0.25, -0.2) is 8.42 Å². The van der Waals surface area contributed by atoms with Crippen molar-refractivity contribution >= 4 is 33.2 Å². The summed E-state index contributed by atoms with van der Waals surface area (Å²) in [5.41, 5.74) is 0.738. The third-order valence-electron chi connectivity index (χ3n) is 4.04. The summed E-state index contributed by atoms with van der Waals surface area (Å²) in [5.74, 6) is 0.825. The first kappa shape index (κ1) is 18.7. The Kier molecular flexibility index (Phi) is 5.77. The Bertz CT molecular complexity index is 894. The first-order valence-electron chi connectivity index (χ1n) is 8.20. The minimum Gasteiger partial charge on any atom is -0.325 e. The first-order valence-corrected chi connectivity index (χ1v) is 11.0. The molecule has 1 saturated heterocycles. The highest BCUT2D eigenvalue weighted by atomic mass is 32.2. The van der Waals surface area contributed by atoms with Crippen LogP contribution >= 0.6 is 11.8 Å². The summed E-state index contributed by atoms with van der Waals surface area (Å²) in [6.07, 6.45) is 2.27. The second-order valence-corrected chi connectivity index (χ2v) is 9.21. The molecule has 3 rings (SSSR count). The van der Waals surface area contributed by atoms with E-state index >= 15 is 0 Å². The van der Waals surface area contributed by atoms with Gasteiger partial charge in [0.1, 0.15) is 5.82 Å². The lowest BCUT2D eigenvalue weighted by Gasteiger charge is -2.11. The van der Waals surface area contributed by atoms with Crippen molar-refractivity contribution in [2.24, 2.45) is 0 Å². The van der Waals surface area contributed by atoms with Gasteiger partial charge in [-0.15, -0.1) is 16.8 Å². The Morgan fingerprint density at radius 3 is 2.77 bits per heavy atom. The lowest BCUT2D eigenvalue weighted by molar-refractivity contribution is -0.113. The van der Waals surface area contributed by atoms with Crippen molar-refractivity contribution in [3.05, 3.63) is 48.8 Å².